The number of hydrazine groups is 1. The molecule has 1 saturated heterocycles. The van der Waals surface area contributed by atoms with Gasteiger partial charge >= 0.3 is 0 Å². The lowest BCUT2D eigenvalue weighted by molar-refractivity contribution is 0.00530. The Balaban J connectivity index is 2.46. The van der Waals surface area contributed by atoms with E-state index in [1.807, 2.05) is 13.8 Å². The van der Waals surface area contributed by atoms with Gasteiger partial charge in [0, 0.05) is 12.6 Å². The summed E-state index contributed by atoms with van der Waals surface area (Å²) in [5.41, 5.74) is 0. The number of nitrogens with two attached hydrogens (primary N) is 1. The van der Waals surface area contributed by atoms with Crippen molar-refractivity contribution in [3.63, 3.8) is 0 Å². The van der Waals surface area contributed by atoms with Crippen molar-refractivity contribution < 1.29 is 5.11 Å². The Bertz CT molecular complexity index is 92.2. The molecule has 10 heavy (non-hydrogen) atoms. The van der Waals surface area contributed by atoms with E-state index in [0.717, 1.165) is 13.0 Å². The van der Waals surface area contributed by atoms with Gasteiger partial charge < -0.3 is 5.11 Å². The van der Waals surface area contributed by atoms with Crippen LogP contribution in [0.4, 0.5) is 0 Å². The molecule has 3 N–H and O–H groups in total. The molecule has 3 unspecified atom stereocenters. The van der Waals surface area contributed by atoms with Gasteiger partial charge in [-0.2, -0.15) is 0 Å². The Hall–Kier alpha value is -0.120. The lowest BCUT2D eigenvalue weighted by atomic mass is 9.93. The second kappa shape index (κ2) is 2.86. The first-order valence-electron chi connectivity index (χ1n) is 3.80. The first-order chi connectivity index (χ1) is 4.61. The van der Waals surface area contributed by atoms with Crippen molar-refractivity contribution in [3.8, 4) is 0 Å². The highest BCUT2D eigenvalue weighted by Gasteiger charge is 2.27. The molecule has 0 aromatic carbocycles. The lowest BCUT2D eigenvalue weighted by Gasteiger charge is -2.36. The van der Waals surface area contributed by atoms with Crippen LogP contribution < -0.4 is 5.84 Å². The Labute approximate surface area is 61.8 Å². The zero-order valence-electron chi connectivity index (χ0n) is 6.62. The number of aliphatic hydroxyl groups is 1. The van der Waals surface area contributed by atoms with Crippen LogP contribution in [0.1, 0.15) is 20.3 Å². The Morgan fingerprint density at radius 3 is 2.60 bits per heavy atom. The smallest absolute Gasteiger partial charge is 0.0593 e. The highest BCUT2D eigenvalue weighted by Crippen LogP contribution is 2.18. The average molecular weight is 144 g/mol. The Morgan fingerprint density at radius 1 is 1.50 bits per heavy atom. The van der Waals surface area contributed by atoms with E-state index < -0.39 is 0 Å². The quantitative estimate of drug-likeness (QED) is 0.469. The fourth-order valence-electron chi connectivity index (χ4n) is 1.35. The van der Waals surface area contributed by atoms with Gasteiger partial charge in [-0.15, -0.1) is 0 Å². The van der Waals surface area contributed by atoms with Crippen LogP contribution in [0.15, 0.2) is 0 Å². The highest BCUT2D eigenvalue weighted by atomic mass is 16.3. The van der Waals surface area contributed by atoms with E-state index in [4.69, 9.17) is 5.84 Å². The summed E-state index contributed by atoms with van der Waals surface area (Å²) in [6, 6.07) is 0.325. The molecule has 0 aromatic heterocycles. The number of aliphatic hydroxyl groups excluding tert-OH is 1. The van der Waals surface area contributed by atoms with Gasteiger partial charge in [-0.05, 0) is 19.3 Å². The molecule has 0 amide bonds. The first kappa shape index (κ1) is 7.98. The third-order valence-corrected chi connectivity index (χ3v) is 2.30. The molecule has 0 bridgehead atoms. The number of hydrogen-bond donors (Lipinski definition) is 2. The molecule has 0 radical (unpaired) electrons. The molecule has 3 nitrogen and oxygen atoms in total. The minimum Gasteiger partial charge on any atom is -0.393 e. The van der Waals surface area contributed by atoms with Crippen LogP contribution in [0.5, 0.6) is 0 Å². The fourth-order valence-corrected chi connectivity index (χ4v) is 1.35. The van der Waals surface area contributed by atoms with Crippen LogP contribution in [0.2, 0.25) is 0 Å². The van der Waals surface area contributed by atoms with Crippen molar-refractivity contribution in [1.29, 1.82) is 0 Å². The minimum atomic E-state index is -0.158. The summed E-state index contributed by atoms with van der Waals surface area (Å²) < 4.78 is 0. The van der Waals surface area contributed by atoms with Crippen LogP contribution in [-0.2, 0) is 0 Å². The maximum Gasteiger partial charge on any atom is 0.0593 e. The van der Waals surface area contributed by atoms with Gasteiger partial charge in [-0.3, -0.25) is 5.84 Å². The SMILES string of the molecule is CC1CN(N)C(C)CC1O. The summed E-state index contributed by atoms with van der Waals surface area (Å²) in [6.07, 6.45) is 0.646. The molecule has 1 aliphatic rings. The summed E-state index contributed by atoms with van der Waals surface area (Å²) in [6.45, 7) is 4.87. The van der Waals surface area contributed by atoms with E-state index in [2.05, 4.69) is 0 Å². The zero-order chi connectivity index (χ0) is 7.72. The van der Waals surface area contributed by atoms with Gasteiger partial charge in [0.25, 0.3) is 0 Å². The first-order valence-corrected chi connectivity index (χ1v) is 3.80. The van der Waals surface area contributed by atoms with E-state index >= 15 is 0 Å². The van der Waals surface area contributed by atoms with E-state index in [1.165, 1.54) is 0 Å². The molecule has 1 aliphatic heterocycles. The molecule has 0 aliphatic carbocycles. The van der Waals surface area contributed by atoms with Crippen molar-refractivity contribution >= 4 is 0 Å². The van der Waals surface area contributed by atoms with Gasteiger partial charge in [-0.25, -0.2) is 5.01 Å². The fraction of sp³-hybridized carbons (Fsp3) is 1.00. The molecule has 3 atom stereocenters. The van der Waals surface area contributed by atoms with Gasteiger partial charge in [0.2, 0.25) is 0 Å². The van der Waals surface area contributed by atoms with Crippen LogP contribution in [0.25, 0.3) is 0 Å². The standard InChI is InChI=1S/C7H16N2O/c1-5-4-9(8)6(2)3-7(5)10/h5-7,10H,3-4,8H2,1-2H3. The van der Waals surface area contributed by atoms with E-state index in [0.29, 0.717) is 12.0 Å². The summed E-state index contributed by atoms with van der Waals surface area (Å²) in [4.78, 5) is 0. The zero-order valence-corrected chi connectivity index (χ0v) is 6.62. The average Bonchev–Trinajstić information content (AvgIpc) is 1.84. The van der Waals surface area contributed by atoms with Crippen molar-refractivity contribution in [2.75, 3.05) is 6.54 Å². The number of hydrogen-bond acceptors (Lipinski definition) is 3. The van der Waals surface area contributed by atoms with E-state index in [9.17, 15) is 5.11 Å². The van der Waals surface area contributed by atoms with Gasteiger partial charge in [0.1, 0.15) is 0 Å². The Morgan fingerprint density at radius 2 is 2.10 bits per heavy atom. The van der Waals surface area contributed by atoms with Crippen molar-refractivity contribution in [1.82, 2.24) is 5.01 Å². The second-order valence-corrected chi connectivity index (χ2v) is 3.33. The van der Waals surface area contributed by atoms with Crippen molar-refractivity contribution in [2.24, 2.45) is 11.8 Å². The number of rotatable bonds is 0. The highest BCUT2D eigenvalue weighted by molar-refractivity contribution is 4.79. The molecule has 1 fully saturated rings. The van der Waals surface area contributed by atoms with Crippen LogP contribution >= 0.6 is 0 Å². The maximum atomic E-state index is 9.38. The summed E-state index contributed by atoms with van der Waals surface area (Å²) >= 11 is 0. The molecular formula is C7H16N2O. The van der Waals surface area contributed by atoms with Crippen LogP contribution in [0, 0.1) is 5.92 Å². The molecule has 1 rings (SSSR count). The lowest BCUT2D eigenvalue weighted by Crippen LogP contribution is -2.50. The van der Waals surface area contributed by atoms with E-state index in [-0.39, 0.29) is 6.10 Å². The molecule has 1 heterocycles. The maximum absolute atomic E-state index is 9.38. The largest absolute Gasteiger partial charge is 0.393 e. The minimum absolute atomic E-state index is 0.158. The monoisotopic (exact) mass is 144 g/mol. The topological polar surface area (TPSA) is 49.5 Å². The number of piperidine rings is 1. The molecule has 0 saturated carbocycles. The number of nitrogens with zero attached hydrogens (tertiary/aromatic N) is 1. The van der Waals surface area contributed by atoms with Gasteiger partial charge in [-0.1, -0.05) is 6.92 Å². The molecule has 3 heteroatoms. The predicted molar refractivity (Wildman–Crippen MR) is 40.1 cm³/mol. The van der Waals surface area contributed by atoms with Gasteiger partial charge in [0.05, 0.1) is 6.10 Å². The molecular weight excluding hydrogens is 128 g/mol. The third-order valence-electron chi connectivity index (χ3n) is 2.30. The van der Waals surface area contributed by atoms with Crippen molar-refractivity contribution in [3.05, 3.63) is 0 Å². The summed E-state index contributed by atoms with van der Waals surface area (Å²) in [5, 5.41) is 11.2. The summed E-state index contributed by atoms with van der Waals surface area (Å²) in [7, 11) is 0. The molecule has 0 aromatic rings. The normalized spacial score (nSPS) is 43.8. The predicted octanol–water partition coefficient (Wildman–Crippen LogP) is -0.0487. The van der Waals surface area contributed by atoms with E-state index in [1.54, 1.807) is 5.01 Å². The second-order valence-electron chi connectivity index (χ2n) is 3.33. The third kappa shape index (κ3) is 1.48. The molecule has 60 valence electrons. The summed E-state index contributed by atoms with van der Waals surface area (Å²) in [5.74, 6) is 5.97. The van der Waals surface area contributed by atoms with Crippen LogP contribution in [0.3, 0.4) is 0 Å². The van der Waals surface area contributed by atoms with Crippen LogP contribution in [-0.4, -0.2) is 28.8 Å². The molecule has 0 spiro atoms. The van der Waals surface area contributed by atoms with Gasteiger partial charge in [0.15, 0.2) is 0 Å². The Kier molecular flexibility index (Phi) is 2.28. The van der Waals surface area contributed by atoms with Crippen molar-refractivity contribution in [2.45, 2.75) is 32.4 Å².